The summed E-state index contributed by atoms with van der Waals surface area (Å²) in [6, 6.07) is 2.81. The zero-order valence-corrected chi connectivity index (χ0v) is 10.6. The molecule has 0 saturated heterocycles. The highest BCUT2D eigenvalue weighted by Gasteiger charge is 2.17. The molecule has 0 aromatic heterocycles. The van der Waals surface area contributed by atoms with Crippen molar-refractivity contribution in [2.75, 3.05) is 6.61 Å². The number of carbonyl (C=O) groups is 2. The van der Waals surface area contributed by atoms with Crippen molar-refractivity contribution in [3.8, 4) is 0 Å². The molecule has 0 atom stereocenters. The molecule has 0 amide bonds. The molecule has 0 bridgehead atoms. The molecule has 1 rings (SSSR count). The third-order valence-electron chi connectivity index (χ3n) is 2.22. The fraction of sp³-hybridized carbons (Fsp3) is 0.333. The molecule has 0 unspecified atom stereocenters. The quantitative estimate of drug-likeness (QED) is 0.342. The minimum absolute atomic E-state index is 0.0905. The first-order valence-corrected chi connectivity index (χ1v) is 5.68. The van der Waals surface area contributed by atoms with Gasteiger partial charge in [-0.1, -0.05) is 0 Å². The van der Waals surface area contributed by atoms with Crippen molar-refractivity contribution in [1.29, 1.82) is 0 Å². The lowest BCUT2D eigenvalue weighted by Gasteiger charge is -2.05. The van der Waals surface area contributed by atoms with Gasteiger partial charge in [-0.05, 0) is 19.1 Å². The van der Waals surface area contributed by atoms with Gasteiger partial charge in [-0.25, -0.2) is 4.39 Å². The van der Waals surface area contributed by atoms with Crippen LogP contribution in [0.1, 0.15) is 18.9 Å². The molecule has 1 aromatic rings. The maximum absolute atomic E-state index is 13.0. The minimum Gasteiger partial charge on any atom is -0.466 e. The number of nitro benzene ring substituents is 1. The molecule has 0 aliphatic heterocycles. The van der Waals surface area contributed by atoms with Gasteiger partial charge in [0.2, 0.25) is 0 Å². The van der Waals surface area contributed by atoms with Gasteiger partial charge in [-0.3, -0.25) is 19.7 Å². The summed E-state index contributed by atoms with van der Waals surface area (Å²) in [6.07, 6.45) is -0.600. The smallest absolute Gasteiger partial charge is 0.317 e. The van der Waals surface area contributed by atoms with Crippen LogP contribution in [0.5, 0.6) is 0 Å². The average molecular weight is 285 g/mol. The second kappa shape index (κ2) is 7.17. The number of hydrogen-bond acceptors (Lipinski definition) is 6. The van der Waals surface area contributed by atoms with Gasteiger partial charge in [0.05, 0.1) is 17.1 Å². The van der Waals surface area contributed by atoms with E-state index in [1.807, 2.05) is 0 Å². The van der Waals surface area contributed by atoms with Gasteiger partial charge in [0.25, 0.3) is 5.69 Å². The molecular weight excluding hydrogens is 273 g/mol. The maximum Gasteiger partial charge on any atom is 0.317 e. The molecule has 0 aliphatic carbocycles. The standard InChI is InChI=1S/C12H12FNO6/c1-2-19-11(15)6-12(16)20-7-8-5-9(13)3-4-10(8)14(17)18/h3-5H,2,6-7H2,1H3. The van der Waals surface area contributed by atoms with Crippen molar-refractivity contribution in [1.82, 2.24) is 0 Å². The van der Waals surface area contributed by atoms with Gasteiger partial charge < -0.3 is 9.47 Å². The van der Waals surface area contributed by atoms with E-state index in [2.05, 4.69) is 9.47 Å². The van der Waals surface area contributed by atoms with E-state index in [0.717, 1.165) is 18.2 Å². The molecule has 0 saturated carbocycles. The van der Waals surface area contributed by atoms with Crippen LogP contribution >= 0.6 is 0 Å². The van der Waals surface area contributed by atoms with Crippen LogP contribution in [0.15, 0.2) is 18.2 Å². The number of halogens is 1. The molecule has 0 fully saturated rings. The first kappa shape index (κ1) is 15.5. The third-order valence-corrected chi connectivity index (χ3v) is 2.22. The highest BCUT2D eigenvalue weighted by atomic mass is 19.1. The van der Waals surface area contributed by atoms with Crippen LogP contribution in [0, 0.1) is 15.9 Å². The Kier molecular flexibility index (Phi) is 5.57. The second-order valence-corrected chi connectivity index (χ2v) is 3.67. The van der Waals surface area contributed by atoms with Crippen molar-refractivity contribution in [3.63, 3.8) is 0 Å². The Morgan fingerprint density at radius 3 is 2.55 bits per heavy atom. The lowest BCUT2D eigenvalue weighted by atomic mass is 10.2. The minimum atomic E-state index is -0.901. The van der Waals surface area contributed by atoms with E-state index >= 15 is 0 Å². The van der Waals surface area contributed by atoms with Gasteiger partial charge in [0, 0.05) is 6.07 Å². The molecule has 20 heavy (non-hydrogen) atoms. The van der Waals surface area contributed by atoms with Crippen molar-refractivity contribution >= 4 is 17.6 Å². The topological polar surface area (TPSA) is 95.7 Å². The Hall–Kier alpha value is -2.51. The van der Waals surface area contributed by atoms with Gasteiger partial charge in [-0.2, -0.15) is 0 Å². The highest BCUT2D eigenvalue weighted by molar-refractivity contribution is 5.91. The number of nitrogens with zero attached hydrogens (tertiary/aromatic N) is 1. The number of esters is 2. The predicted molar refractivity (Wildman–Crippen MR) is 64.1 cm³/mol. The Labute approximate surface area is 113 Å². The van der Waals surface area contributed by atoms with E-state index in [9.17, 15) is 24.1 Å². The number of rotatable bonds is 6. The summed E-state index contributed by atoms with van der Waals surface area (Å²) in [4.78, 5) is 32.3. The number of benzene rings is 1. The number of nitro groups is 1. The predicted octanol–water partition coefficient (Wildman–Crippen LogP) is 1.73. The molecule has 0 aliphatic rings. The Balaban J connectivity index is 2.65. The Morgan fingerprint density at radius 1 is 1.30 bits per heavy atom. The van der Waals surface area contributed by atoms with E-state index in [1.165, 1.54) is 0 Å². The lowest BCUT2D eigenvalue weighted by Crippen LogP contribution is -2.14. The molecular formula is C12H12FNO6. The van der Waals surface area contributed by atoms with Crippen LogP contribution in [0.4, 0.5) is 10.1 Å². The number of ether oxygens (including phenoxy) is 2. The fourth-order valence-electron chi connectivity index (χ4n) is 1.39. The average Bonchev–Trinajstić information content (AvgIpc) is 2.36. The summed E-state index contributed by atoms with van der Waals surface area (Å²) in [7, 11) is 0. The van der Waals surface area contributed by atoms with Crippen LogP contribution in [0.2, 0.25) is 0 Å². The number of carbonyl (C=O) groups excluding carboxylic acids is 2. The van der Waals surface area contributed by atoms with Crippen molar-refractivity contribution in [2.45, 2.75) is 20.0 Å². The Morgan fingerprint density at radius 2 is 1.95 bits per heavy atom. The van der Waals surface area contributed by atoms with Crippen molar-refractivity contribution in [3.05, 3.63) is 39.7 Å². The lowest BCUT2D eigenvalue weighted by molar-refractivity contribution is -0.385. The van der Waals surface area contributed by atoms with Gasteiger partial charge in [0.1, 0.15) is 18.8 Å². The fourth-order valence-corrected chi connectivity index (χ4v) is 1.39. The SMILES string of the molecule is CCOC(=O)CC(=O)OCc1cc(F)ccc1[N+](=O)[O-]. The number of hydrogen-bond donors (Lipinski definition) is 0. The normalized spacial score (nSPS) is 9.90. The first-order chi connectivity index (χ1) is 9.43. The molecule has 0 spiro atoms. The summed E-state index contributed by atoms with van der Waals surface area (Å²) >= 11 is 0. The van der Waals surface area contributed by atoms with Crippen molar-refractivity contribution in [2.24, 2.45) is 0 Å². The summed E-state index contributed by atoms with van der Waals surface area (Å²) < 4.78 is 22.2. The molecule has 0 radical (unpaired) electrons. The molecule has 7 nitrogen and oxygen atoms in total. The van der Waals surface area contributed by atoms with Crippen LogP contribution in [-0.2, 0) is 25.7 Å². The van der Waals surface area contributed by atoms with Crippen LogP contribution < -0.4 is 0 Å². The summed E-state index contributed by atoms with van der Waals surface area (Å²) in [6.45, 7) is 1.22. The van der Waals surface area contributed by atoms with Crippen LogP contribution in [0.25, 0.3) is 0 Å². The van der Waals surface area contributed by atoms with Gasteiger partial charge >= 0.3 is 11.9 Å². The summed E-state index contributed by atoms with van der Waals surface area (Å²) in [5.41, 5.74) is -0.456. The molecule has 1 aromatic carbocycles. The first-order valence-electron chi connectivity index (χ1n) is 5.68. The monoisotopic (exact) mass is 285 g/mol. The van der Waals surface area contributed by atoms with Gasteiger partial charge in [-0.15, -0.1) is 0 Å². The van der Waals surface area contributed by atoms with E-state index < -0.39 is 35.7 Å². The maximum atomic E-state index is 13.0. The highest BCUT2D eigenvalue weighted by Crippen LogP contribution is 2.20. The molecule has 0 heterocycles. The largest absolute Gasteiger partial charge is 0.466 e. The zero-order chi connectivity index (χ0) is 15.1. The van der Waals surface area contributed by atoms with E-state index in [0.29, 0.717) is 0 Å². The van der Waals surface area contributed by atoms with E-state index in [1.54, 1.807) is 6.92 Å². The molecule has 108 valence electrons. The summed E-state index contributed by atoms with van der Waals surface area (Å²) in [5, 5.41) is 10.7. The van der Waals surface area contributed by atoms with E-state index in [-0.39, 0.29) is 17.9 Å². The molecule has 8 heteroatoms. The third kappa shape index (κ3) is 4.63. The zero-order valence-electron chi connectivity index (χ0n) is 10.6. The van der Waals surface area contributed by atoms with Gasteiger partial charge in [0.15, 0.2) is 0 Å². The van der Waals surface area contributed by atoms with Crippen LogP contribution in [0.3, 0.4) is 0 Å². The van der Waals surface area contributed by atoms with Crippen molar-refractivity contribution < 1.29 is 28.4 Å². The Bertz CT molecular complexity index is 531. The van der Waals surface area contributed by atoms with E-state index in [4.69, 9.17) is 0 Å². The molecule has 0 N–H and O–H groups in total. The van der Waals surface area contributed by atoms with Crippen LogP contribution in [-0.4, -0.2) is 23.5 Å². The summed E-state index contributed by atoms with van der Waals surface area (Å²) in [5.74, 6) is -2.35. The second-order valence-electron chi connectivity index (χ2n) is 3.67.